The third kappa shape index (κ3) is 2.83. The normalized spacial score (nSPS) is 24.9. The van der Waals surface area contributed by atoms with Crippen LogP contribution in [0.2, 0.25) is 0 Å². The van der Waals surface area contributed by atoms with Crippen molar-refractivity contribution >= 4 is 17.2 Å². The monoisotopic (exact) mass is 279 g/mol. The second kappa shape index (κ2) is 5.61. The van der Waals surface area contributed by atoms with E-state index >= 15 is 0 Å². The molecule has 1 unspecified atom stereocenters. The number of nitrogens with zero attached hydrogens (tertiary/aromatic N) is 2. The smallest absolute Gasteiger partial charge is 0.264 e. The van der Waals surface area contributed by atoms with Crippen LogP contribution in [-0.2, 0) is 0 Å². The van der Waals surface area contributed by atoms with Crippen LogP contribution in [0.1, 0.15) is 21.0 Å². The molecule has 0 aliphatic carbocycles. The maximum atomic E-state index is 12.3. The van der Waals surface area contributed by atoms with E-state index in [-0.39, 0.29) is 5.91 Å². The first-order chi connectivity index (χ1) is 9.24. The summed E-state index contributed by atoms with van der Waals surface area (Å²) in [7, 11) is 0. The predicted molar refractivity (Wildman–Crippen MR) is 77.8 cm³/mol. The molecule has 0 spiro atoms. The molecule has 1 N–H and O–H groups in total. The molecule has 3 heterocycles. The Balaban J connectivity index is 1.56. The molecule has 1 aromatic rings. The highest BCUT2D eigenvalue weighted by Gasteiger charge is 2.28. The molecule has 2 aliphatic heterocycles. The van der Waals surface area contributed by atoms with Crippen LogP contribution in [0.25, 0.3) is 0 Å². The lowest BCUT2D eigenvalue weighted by atomic mass is 10.2. The van der Waals surface area contributed by atoms with E-state index in [1.165, 1.54) is 11.3 Å². The van der Waals surface area contributed by atoms with Crippen LogP contribution in [0.15, 0.2) is 12.1 Å². The molecular weight excluding hydrogens is 258 g/mol. The molecule has 1 atom stereocenters. The van der Waals surface area contributed by atoms with E-state index in [0.29, 0.717) is 6.04 Å². The average Bonchev–Trinajstić information content (AvgIpc) is 3.09. The zero-order valence-corrected chi connectivity index (χ0v) is 12.2. The van der Waals surface area contributed by atoms with E-state index < -0.39 is 0 Å². The molecule has 2 saturated heterocycles. The summed E-state index contributed by atoms with van der Waals surface area (Å²) in [4.78, 5) is 19.0. The summed E-state index contributed by atoms with van der Waals surface area (Å²) in [5.41, 5.74) is 0. The number of aryl methyl sites for hydroxylation is 1. The molecule has 1 aromatic heterocycles. The van der Waals surface area contributed by atoms with E-state index in [2.05, 4.69) is 10.2 Å². The van der Waals surface area contributed by atoms with E-state index in [1.54, 1.807) is 11.3 Å². The summed E-state index contributed by atoms with van der Waals surface area (Å²) in [6.45, 7) is 8.06. The van der Waals surface area contributed by atoms with Gasteiger partial charge in [-0.05, 0) is 32.0 Å². The molecule has 19 heavy (non-hydrogen) atoms. The quantitative estimate of drug-likeness (QED) is 0.883. The van der Waals surface area contributed by atoms with Gasteiger partial charge in [-0.15, -0.1) is 11.3 Å². The fraction of sp³-hybridized carbons (Fsp3) is 0.643. The molecule has 4 nitrogen and oxygen atoms in total. The summed E-state index contributed by atoms with van der Waals surface area (Å²) in [5.74, 6) is 0.210. The highest BCUT2D eigenvalue weighted by Crippen LogP contribution is 2.19. The van der Waals surface area contributed by atoms with Gasteiger partial charge in [0.05, 0.1) is 4.88 Å². The lowest BCUT2D eigenvalue weighted by Crippen LogP contribution is -2.52. The van der Waals surface area contributed by atoms with Gasteiger partial charge in [-0.3, -0.25) is 9.69 Å². The minimum Gasteiger partial charge on any atom is -0.335 e. The van der Waals surface area contributed by atoms with E-state index in [4.69, 9.17) is 0 Å². The Bertz CT molecular complexity index is 445. The molecule has 2 aliphatic rings. The van der Waals surface area contributed by atoms with Crippen molar-refractivity contribution in [3.63, 3.8) is 0 Å². The van der Waals surface area contributed by atoms with E-state index in [0.717, 1.165) is 44.1 Å². The first-order valence-electron chi connectivity index (χ1n) is 7.04. The van der Waals surface area contributed by atoms with Crippen molar-refractivity contribution in [3.8, 4) is 0 Å². The van der Waals surface area contributed by atoms with Crippen LogP contribution < -0.4 is 5.32 Å². The van der Waals surface area contributed by atoms with Crippen LogP contribution in [0.3, 0.4) is 0 Å². The molecule has 0 saturated carbocycles. The molecular formula is C14H21N3OS. The van der Waals surface area contributed by atoms with Crippen molar-refractivity contribution in [1.29, 1.82) is 0 Å². The number of thiophene rings is 1. The van der Waals surface area contributed by atoms with Gasteiger partial charge < -0.3 is 10.2 Å². The summed E-state index contributed by atoms with van der Waals surface area (Å²) in [5, 5.41) is 3.41. The number of piperazine rings is 1. The maximum absolute atomic E-state index is 12.3. The Kier molecular flexibility index (Phi) is 3.86. The third-order valence-corrected chi connectivity index (χ3v) is 5.09. The molecule has 104 valence electrons. The summed E-state index contributed by atoms with van der Waals surface area (Å²) in [6, 6.07) is 4.66. The fourth-order valence-electron chi connectivity index (χ4n) is 2.95. The Morgan fingerprint density at radius 1 is 1.32 bits per heavy atom. The second-order valence-corrected chi connectivity index (χ2v) is 6.67. The number of nitrogens with one attached hydrogen (secondary N) is 1. The Morgan fingerprint density at radius 3 is 2.68 bits per heavy atom. The summed E-state index contributed by atoms with van der Waals surface area (Å²) in [6.07, 6.45) is 1.25. The predicted octanol–water partition coefficient (Wildman–Crippen LogP) is 1.18. The van der Waals surface area contributed by atoms with Gasteiger partial charge in [0, 0.05) is 43.6 Å². The van der Waals surface area contributed by atoms with Crippen LogP contribution >= 0.6 is 11.3 Å². The molecule has 0 aromatic carbocycles. The van der Waals surface area contributed by atoms with Gasteiger partial charge in [-0.25, -0.2) is 0 Å². The zero-order chi connectivity index (χ0) is 13.2. The van der Waals surface area contributed by atoms with Gasteiger partial charge in [0.2, 0.25) is 0 Å². The van der Waals surface area contributed by atoms with E-state index in [9.17, 15) is 4.79 Å². The standard InChI is InChI=1S/C14H21N3OS/c1-11-2-3-13(19-11)14(18)17-8-6-16(7-9-17)12-4-5-15-10-12/h2-3,12,15H,4-10H2,1H3. The van der Waals surface area contributed by atoms with Crippen LogP contribution in [0.4, 0.5) is 0 Å². The molecule has 3 rings (SSSR count). The summed E-state index contributed by atoms with van der Waals surface area (Å²) < 4.78 is 0. The fourth-order valence-corrected chi connectivity index (χ4v) is 3.78. The maximum Gasteiger partial charge on any atom is 0.264 e. The van der Waals surface area contributed by atoms with E-state index in [1.807, 2.05) is 24.0 Å². The zero-order valence-electron chi connectivity index (χ0n) is 11.4. The number of hydrogen-bond donors (Lipinski definition) is 1. The Labute approximate surface area is 118 Å². The average molecular weight is 279 g/mol. The van der Waals surface area contributed by atoms with Gasteiger partial charge in [-0.2, -0.15) is 0 Å². The molecule has 5 heteroatoms. The highest BCUT2D eigenvalue weighted by molar-refractivity contribution is 7.13. The van der Waals surface area contributed by atoms with Crippen molar-refractivity contribution in [2.24, 2.45) is 0 Å². The molecule has 1 amide bonds. The minimum absolute atomic E-state index is 0.210. The lowest BCUT2D eigenvalue weighted by Gasteiger charge is -2.37. The second-order valence-electron chi connectivity index (χ2n) is 5.39. The largest absolute Gasteiger partial charge is 0.335 e. The van der Waals surface area contributed by atoms with Gasteiger partial charge in [0.1, 0.15) is 0 Å². The number of carbonyl (C=O) groups is 1. The minimum atomic E-state index is 0.210. The molecule has 0 radical (unpaired) electrons. The van der Waals surface area contributed by atoms with Gasteiger partial charge >= 0.3 is 0 Å². The number of hydrogen-bond acceptors (Lipinski definition) is 4. The van der Waals surface area contributed by atoms with Crippen LogP contribution in [-0.4, -0.2) is 61.0 Å². The summed E-state index contributed by atoms with van der Waals surface area (Å²) >= 11 is 1.60. The first kappa shape index (κ1) is 13.1. The Hall–Kier alpha value is -0.910. The van der Waals surface area contributed by atoms with Gasteiger partial charge in [0.25, 0.3) is 5.91 Å². The van der Waals surface area contributed by atoms with Crippen LogP contribution in [0.5, 0.6) is 0 Å². The van der Waals surface area contributed by atoms with Crippen molar-refractivity contribution in [2.75, 3.05) is 39.3 Å². The first-order valence-corrected chi connectivity index (χ1v) is 7.86. The van der Waals surface area contributed by atoms with Gasteiger partial charge in [0.15, 0.2) is 0 Å². The van der Waals surface area contributed by atoms with Crippen molar-refractivity contribution in [3.05, 3.63) is 21.9 Å². The topological polar surface area (TPSA) is 35.6 Å². The van der Waals surface area contributed by atoms with Crippen molar-refractivity contribution < 1.29 is 4.79 Å². The molecule has 2 fully saturated rings. The van der Waals surface area contributed by atoms with Crippen LogP contribution in [0, 0.1) is 6.92 Å². The Morgan fingerprint density at radius 2 is 2.11 bits per heavy atom. The van der Waals surface area contributed by atoms with Crippen molar-refractivity contribution in [1.82, 2.24) is 15.1 Å². The number of carbonyl (C=O) groups excluding carboxylic acids is 1. The highest BCUT2D eigenvalue weighted by atomic mass is 32.1. The van der Waals surface area contributed by atoms with Gasteiger partial charge in [-0.1, -0.05) is 0 Å². The molecule has 0 bridgehead atoms. The third-order valence-electron chi connectivity index (χ3n) is 4.10. The number of amides is 1. The van der Waals surface area contributed by atoms with Crippen molar-refractivity contribution in [2.45, 2.75) is 19.4 Å². The number of rotatable bonds is 2. The lowest BCUT2D eigenvalue weighted by molar-refractivity contribution is 0.0588. The SMILES string of the molecule is Cc1ccc(C(=O)N2CCN(C3CCNC3)CC2)s1.